The van der Waals surface area contributed by atoms with Gasteiger partial charge in [-0.2, -0.15) is 0 Å². The average molecular weight is 208 g/mol. The number of rotatable bonds is 6. The quantitative estimate of drug-likeness (QED) is 0.671. The molecular weight excluding hydrogens is 184 g/mol. The predicted octanol–water partition coefficient (Wildman–Crippen LogP) is 3.58. The number of allylic oxidation sites excluding steroid dienone is 1. The Morgan fingerprint density at radius 1 is 1.27 bits per heavy atom. The molecular formula is C13H24N2. The summed E-state index contributed by atoms with van der Waals surface area (Å²) in [5.41, 5.74) is 1.35. The Morgan fingerprint density at radius 3 is 2.73 bits per heavy atom. The first kappa shape index (κ1) is 12.2. The highest BCUT2D eigenvalue weighted by Gasteiger charge is 2.06. The lowest BCUT2D eigenvalue weighted by molar-refractivity contribution is 0.401. The van der Waals surface area contributed by atoms with Crippen LogP contribution in [0.25, 0.3) is 0 Å². The van der Waals surface area contributed by atoms with Crippen molar-refractivity contribution in [1.29, 1.82) is 0 Å². The number of nitrogens with one attached hydrogen (secondary N) is 1. The highest BCUT2D eigenvalue weighted by atomic mass is 15.1. The molecule has 0 spiro atoms. The van der Waals surface area contributed by atoms with Crippen LogP contribution in [0.3, 0.4) is 0 Å². The van der Waals surface area contributed by atoms with E-state index in [1.165, 1.54) is 37.8 Å². The molecule has 1 aliphatic heterocycles. The Hall–Kier alpha value is -0.920. The maximum atomic E-state index is 3.32. The van der Waals surface area contributed by atoms with Crippen molar-refractivity contribution in [3.8, 4) is 0 Å². The lowest BCUT2D eigenvalue weighted by Crippen LogP contribution is -2.25. The summed E-state index contributed by atoms with van der Waals surface area (Å²) in [6.45, 7) is 6.67. The van der Waals surface area contributed by atoms with Crippen molar-refractivity contribution in [1.82, 2.24) is 10.2 Å². The normalized spacial score (nSPS) is 15.5. The molecule has 0 aromatic rings. The molecule has 0 saturated heterocycles. The summed E-state index contributed by atoms with van der Waals surface area (Å²) in [5.74, 6) is 0. The molecule has 0 atom stereocenters. The maximum Gasteiger partial charge on any atom is 0.0311 e. The second kappa shape index (κ2) is 6.54. The minimum absolute atomic E-state index is 0.550. The molecule has 0 fully saturated rings. The van der Waals surface area contributed by atoms with Crippen LogP contribution in [0.4, 0.5) is 0 Å². The first-order chi connectivity index (χ1) is 7.24. The van der Waals surface area contributed by atoms with Crippen molar-refractivity contribution < 1.29 is 0 Å². The van der Waals surface area contributed by atoms with Crippen molar-refractivity contribution in [3.63, 3.8) is 0 Å². The molecule has 1 heterocycles. The molecule has 0 bridgehead atoms. The second-order valence-corrected chi connectivity index (χ2v) is 4.47. The van der Waals surface area contributed by atoms with Gasteiger partial charge in [0.2, 0.25) is 0 Å². The number of hydrogen-bond donors (Lipinski definition) is 1. The number of nitrogens with zero attached hydrogens (tertiary/aromatic N) is 1. The zero-order chi connectivity index (χ0) is 11.1. The van der Waals surface area contributed by atoms with E-state index in [2.05, 4.69) is 43.4 Å². The van der Waals surface area contributed by atoms with Crippen LogP contribution in [0.15, 0.2) is 24.3 Å². The smallest absolute Gasteiger partial charge is 0.0311 e. The summed E-state index contributed by atoms with van der Waals surface area (Å²) in [7, 11) is 0. The van der Waals surface area contributed by atoms with Crippen LogP contribution in [0.5, 0.6) is 0 Å². The SMILES string of the molecule is CCCCCCC1=CN(C(C)C)C=CN1. The zero-order valence-corrected chi connectivity index (χ0v) is 10.3. The number of hydrogen-bond acceptors (Lipinski definition) is 2. The van der Waals surface area contributed by atoms with E-state index in [0.29, 0.717) is 6.04 Å². The van der Waals surface area contributed by atoms with Gasteiger partial charge in [0.05, 0.1) is 0 Å². The van der Waals surface area contributed by atoms with Gasteiger partial charge in [0, 0.05) is 30.3 Å². The molecule has 1 aliphatic rings. The van der Waals surface area contributed by atoms with E-state index in [1.807, 2.05) is 6.20 Å². The Balaban J connectivity index is 2.29. The third-order valence-electron chi connectivity index (χ3n) is 2.72. The summed E-state index contributed by atoms with van der Waals surface area (Å²) in [4.78, 5) is 2.26. The Morgan fingerprint density at radius 2 is 2.07 bits per heavy atom. The van der Waals surface area contributed by atoms with Crippen molar-refractivity contribution in [2.45, 2.75) is 58.9 Å². The standard InChI is InChI=1S/C13H24N2/c1-4-5-6-7-8-13-11-15(12(2)3)10-9-14-13/h9-12,14H,4-8H2,1-3H3. The maximum absolute atomic E-state index is 3.32. The summed E-state index contributed by atoms with van der Waals surface area (Å²) >= 11 is 0. The van der Waals surface area contributed by atoms with Gasteiger partial charge in [-0.15, -0.1) is 0 Å². The fraction of sp³-hybridized carbons (Fsp3) is 0.692. The molecule has 0 aromatic carbocycles. The van der Waals surface area contributed by atoms with E-state index in [0.717, 1.165) is 0 Å². The molecule has 86 valence electrons. The van der Waals surface area contributed by atoms with Crippen LogP contribution >= 0.6 is 0 Å². The minimum atomic E-state index is 0.550. The Kier molecular flexibility index (Phi) is 5.30. The molecule has 2 nitrogen and oxygen atoms in total. The lowest BCUT2D eigenvalue weighted by Gasteiger charge is -2.25. The largest absolute Gasteiger partial charge is 0.362 e. The van der Waals surface area contributed by atoms with Crippen molar-refractivity contribution in [3.05, 3.63) is 24.3 Å². The van der Waals surface area contributed by atoms with E-state index in [1.54, 1.807) is 0 Å². The van der Waals surface area contributed by atoms with Crippen LogP contribution in [-0.4, -0.2) is 10.9 Å². The molecule has 1 rings (SSSR count). The molecule has 0 aromatic heterocycles. The van der Waals surface area contributed by atoms with Gasteiger partial charge >= 0.3 is 0 Å². The summed E-state index contributed by atoms with van der Waals surface area (Å²) in [5, 5.41) is 3.32. The van der Waals surface area contributed by atoms with Crippen molar-refractivity contribution in [2.75, 3.05) is 0 Å². The average Bonchev–Trinajstić information content (AvgIpc) is 2.25. The molecule has 15 heavy (non-hydrogen) atoms. The monoisotopic (exact) mass is 208 g/mol. The van der Waals surface area contributed by atoms with Crippen LogP contribution in [-0.2, 0) is 0 Å². The fourth-order valence-electron chi connectivity index (χ4n) is 1.69. The molecule has 1 N–H and O–H groups in total. The van der Waals surface area contributed by atoms with Gasteiger partial charge in [0.1, 0.15) is 0 Å². The van der Waals surface area contributed by atoms with Crippen LogP contribution < -0.4 is 5.32 Å². The third-order valence-corrected chi connectivity index (χ3v) is 2.72. The first-order valence-corrected chi connectivity index (χ1v) is 6.15. The highest BCUT2D eigenvalue weighted by Crippen LogP contribution is 2.13. The Labute approximate surface area is 94.0 Å². The van der Waals surface area contributed by atoms with E-state index >= 15 is 0 Å². The van der Waals surface area contributed by atoms with Gasteiger partial charge in [-0.1, -0.05) is 26.2 Å². The molecule has 0 unspecified atom stereocenters. The van der Waals surface area contributed by atoms with Crippen molar-refractivity contribution >= 4 is 0 Å². The molecule has 0 aliphatic carbocycles. The topological polar surface area (TPSA) is 15.3 Å². The van der Waals surface area contributed by atoms with E-state index in [9.17, 15) is 0 Å². The fourth-order valence-corrected chi connectivity index (χ4v) is 1.69. The van der Waals surface area contributed by atoms with Gasteiger partial charge in [0.15, 0.2) is 0 Å². The molecule has 2 heteroatoms. The summed E-state index contributed by atoms with van der Waals surface area (Å²) in [6, 6.07) is 0.550. The summed E-state index contributed by atoms with van der Waals surface area (Å²) in [6.07, 6.45) is 12.9. The summed E-state index contributed by atoms with van der Waals surface area (Å²) < 4.78 is 0. The second-order valence-electron chi connectivity index (χ2n) is 4.47. The van der Waals surface area contributed by atoms with Crippen molar-refractivity contribution in [2.24, 2.45) is 0 Å². The number of unbranched alkanes of at least 4 members (excludes halogenated alkanes) is 3. The predicted molar refractivity (Wildman–Crippen MR) is 66.1 cm³/mol. The third kappa shape index (κ3) is 4.41. The first-order valence-electron chi connectivity index (χ1n) is 6.15. The van der Waals surface area contributed by atoms with Gasteiger partial charge < -0.3 is 10.2 Å². The highest BCUT2D eigenvalue weighted by molar-refractivity contribution is 5.10. The molecule has 0 radical (unpaired) electrons. The van der Waals surface area contributed by atoms with E-state index in [-0.39, 0.29) is 0 Å². The van der Waals surface area contributed by atoms with Gasteiger partial charge in [0.25, 0.3) is 0 Å². The van der Waals surface area contributed by atoms with Gasteiger partial charge in [-0.3, -0.25) is 0 Å². The van der Waals surface area contributed by atoms with Gasteiger partial charge in [-0.25, -0.2) is 0 Å². The van der Waals surface area contributed by atoms with Crippen LogP contribution in [0, 0.1) is 0 Å². The van der Waals surface area contributed by atoms with Gasteiger partial charge in [-0.05, 0) is 26.7 Å². The Bertz CT molecular complexity index is 229. The van der Waals surface area contributed by atoms with E-state index in [4.69, 9.17) is 0 Å². The lowest BCUT2D eigenvalue weighted by atomic mass is 10.1. The van der Waals surface area contributed by atoms with Crippen LogP contribution in [0.2, 0.25) is 0 Å². The molecule has 0 saturated carbocycles. The van der Waals surface area contributed by atoms with E-state index < -0.39 is 0 Å². The molecule has 0 amide bonds. The minimum Gasteiger partial charge on any atom is -0.362 e. The zero-order valence-electron chi connectivity index (χ0n) is 10.3. The van der Waals surface area contributed by atoms with Crippen LogP contribution in [0.1, 0.15) is 52.9 Å².